The molecule has 0 aliphatic carbocycles. The van der Waals surface area contributed by atoms with E-state index in [9.17, 15) is 14.3 Å². The van der Waals surface area contributed by atoms with Crippen LogP contribution in [0.4, 0.5) is 15.8 Å². The van der Waals surface area contributed by atoms with Crippen molar-refractivity contribution in [2.24, 2.45) is 5.92 Å². The quantitative estimate of drug-likeness (QED) is 0.635. The number of aliphatic carboxylic acids is 1. The lowest BCUT2D eigenvalue weighted by atomic mass is 9.99. The number of piperidine rings is 1. The van der Waals surface area contributed by atoms with Crippen molar-refractivity contribution in [3.63, 3.8) is 0 Å². The number of benzene rings is 2. The predicted molar refractivity (Wildman–Crippen MR) is 127 cm³/mol. The lowest BCUT2D eigenvalue weighted by molar-refractivity contribution is -0.137. The number of methoxy groups -OCH3 is 1. The maximum atomic E-state index is 14.4. The highest BCUT2D eigenvalue weighted by atomic mass is 19.1. The molecule has 2 aromatic carbocycles. The summed E-state index contributed by atoms with van der Waals surface area (Å²) in [5, 5.41) is 9.23. The number of hydrogen-bond acceptors (Lipinski definition) is 5. The molecule has 0 spiro atoms. The standard InChI is InChI=1S/C26H33FN2O4/c1-17-12-20(14-26(30)31)29(16-17)19-4-6-21(7-5-19)33-23-10-11-28(18(2)13-23)25-15-22(32-3)8-9-24(25)27/h4-9,15,17-18,20,23H,10-14,16H2,1-3H3,(H,30,31)/t17-,18?,20-,23?/m1/s1. The van der Waals surface area contributed by atoms with Gasteiger partial charge in [0.05, 0.1) is 19.2 Å². The first kappa shape index (κ1) is 23.2. The van der Waals surface area contributed by atoms with E-state index in [2.05, 4.69) is 23.6 Å². The van der Waals surface area contributed by atoms with Gasteiger partial charge in [-0.05, 0) is 55.7 Å². The third-order valence-corrected chi connectivity index (χ3v) is 6.80. The van der Waals surface area contributed by atoms with Gasteiger partial charge in [0.2, 0.25) is 0 Å². The molecule has 2 aliphatic rings. The highest BCUT2D eigenvalue weighted by Crippen LogP contribution is 2.34. The molecule has 2 fully saturated rings. The predicted octanol–water partition coefficient (Wildman–Crippen LogP) is 4.96. The normalized spacial score (nSPS) is 25.2. The van der Waals surface area contributed by atoms with Gasteiger partial charge in [-0.3, -0.25) is 4.79 Å². The number of anilines is 2. The summed E-state index contributed by atoms with van der Waals surface area (Å²) in [4.78, 5) is 15.5. The van der Waals surface area contributed by atoms with Crippen molar-refractivity contribution in [1.82, 2.24) is 0 Å². The van der Waals surface area contributed by atoms with E-state index in [0.29, 0.717) is 23.9 Å². The maximum Gasteiger partial charge on any atom is 0.305 e. The summed E-state index contributed by atoms with van der Waals surface area (Å²) in [7, 11) is 1.59. The van der Waals surface area contributed by atoms with Crippen LogP contribution in [-0.2, 0) is 4.79 Å². The van der Waals surface area contributed by atoms with Gasteiger partial charge in [-0.2, -0.15) is 0 Å². The van der Waals surface area contributed by atoms with Crippen LogP contribution in [0.15, 0.2) is 42.5 Å². The molecule has 0 saturated carbocycles. The number of rotatable bonds is 7. The Morgan fingerprint density at radius 1 is 1.09 bits per heavy atom. The molecule has 178 valence electrons. The van der Waals surface area contributed by atoms with Crippen molar-refractivity contribution in [3.05, 3.63) is 48.3 Å². The minimum absolute atomic E-state index is 0.0338. The van der Waals surface area contributed by atoms with Crippen LogP contribution in [0.25, 0.3) is 0 Å². The van der Waals surface area contributed by atoms with Crippen LogP contribution in [0.3, 0.4) is 0 Å². The van der Waals surface area contributed by atoms with E-state index in [-0.39, 0.29) is 30.4 Å². The number of nitrogens with zero attached hydrogens (tertiary/aromatic N) is 2. The van der Waals surface area contributed by atoms with Crippen LogP contribution < -0.4 is 19.3 Å². The lowest BCUT2D eigenvalue weighted by Crippen LogP contribution is -2.44. The second-order valence-corrected chi connectivity index (χ2v) is 9.36. The van der Waals surface area contributed by atoms with Gasteiger partial charge >= 0.3 is 5.97 Å². The van der Waals surface area contributed by atoms with Crippen LogP contribution in [0.1, 0.15) is 39.5 Å². The first-order valence-corrected chi connectivity index (χ1v) is 11.7. The zero-order chi connectivity index (χ0) is 23.5. The first-order chi connectivity index (χ1) is 15.8. The zero-order valence-electron chi connectivity index (χ0n) is 19.5. The second-order valence-electron chi connectivity index (χ2n) is 9.36. The molecule has 0 bridgehead atoms. The molecule has 2 saturated heterocycles. The molecule has 1 N–H and O–H groups in total. The summed E-state index contributed by atoms with van der Waals surface area (Å²) in [5.74, 6) is 0.934. The minimum Gasteiger partial charge on any atom is -0.497 e. The SMILES string of the molecule is COc1ccc(F)c(N2CCC(Oc3ccc(N4C[C@H](C)C[C@@H]4CC(=O)O)cc3)CC2C)c1. The summed E-state index contributed by atoms with van der Waals surface area (Å²) in [6.45, 7) is 5.83. The summed E-state index contributed by atoms with van der Waals surface area (Å²) in [5.41, 5.74) is 1.61. The molecule has 0 aromatic heterocycles. The Hall–Kier alpha value is -2.96. The number of halogens is 1. The number of ether oxygens (including phenoxy) is 2. The molecule has 7 heteroatoms. The average molecular weight is 457 g/mol. The van der Waals surface area contributed by atoms with Gasteiger partial charge in [-0.1, -0.05) is 6.92 Å². The molecule has 33 heavy (non-hydrogen) atoms. The Balaban J connectivity index is 1.37. The van der Waals surface area contributed by atoms with Crippen molar-refractivity contribution in [3.8, 4) is 11.5 Å². The van der Waals surface area contributed by atoms with E-state index in [0.717, 1.165) is 37.2 Å². The van der Waals surface area contributed by atoms with Crippen molar-refractivity contribution < 1.29 is 23.8 Å². The van der Waals surface area contributed by atoms with Crippen LogP contribution >= 0.6 is 0 Å². The summed E-state index contributed by atoms with van der Waals surface area (Å²) < 4.78 is 26.0. The van der Waals surface area contributed by atoms with Crippen molar-refractivity contribution >= 4 is 17.3 Å². The highest BCUT2D eigenvalue weighted by molar-refractivity contribution is 5.69. The summed E-state index contributed by atoms with van der Waals surface area (Å²) in [6.07, 6.45) is 2.71. The monoisotopic (exact) mass is 456 g/mol. The fourth-order valence-electron chi connectivity index (χ4n) is 5.20. The number of carboxylic acids is 1. The molecule has 4 rings (SSSR count). The van der Waals surface area contributed by atoms with E-state index in [1.54, 1.807) is 19.2 Å². The van der Waals surface area contributed by atoms with E-state index < -0.39 is 5.97 Å². The van der Waals surface area contributed by atoms with E-state index in [1.165, 1.54) is 6.07 Å². The minimum atomic E-state index is -0.756. The largest absolute Gasteiger partial charge is 0.497 e. The van der Waals surface area contributed by atoms with E-state index >= 15 is 0 Å². The van der Waals surface area contributed by atoms with Gasteiger partial charge in [-0.15, -0.1) is 0 Å². The molecule has 2 aliphatic heterocycles. The average Bonchev–Trinajstić information content (AvgIpc) is 3.14. The Kier molecular flexibility index (Phi) is 6.96. The number of carbonyl (C=O) groups is 1. The molecule has 0 radical (unpaired) electrons. The van der Waals surface area contributed by atoms with Crippen LogP contribution in [0.2, 0.25) is 0 Å². The molecular weight excluding hydrogens is 423 g/mol. The van der Waals surface area contributed by atoms with Gasteiger partial charge in [0.25, 0.3) is 0 Å². The van der Waals surface area contributed by atoms with Crippen LogP contribution in [0.5, 0.6) is 11.5 Å². The fourth-order valence-corrected chi connectivity index (χ4v) is 5.20. The van der Waals surface area contributed by atoms with Gasteiger partial charge in [0, 0.05) is 49.8 Å². The Bertz CT molecular complexity index is 967. The number of hydrogen-bond donors (Lipinski definition) is 1. The third-order valence-electron chi connectivity index (χ3n) is 6.80. The van der Waals surface area contributed by atoms with Crippen molar-refractivity contribution in [2.75, 3.05) is 30.0 Å². The van der Waals surface area contributed by atoms with E-state index in [4.69, 9.17) is 9.47 Å². The molecule has 4 atom stereocenters. The van der Waals surface area contributed by atoms with Gasteiger partial charge in [0.1, 0.15) is 23.4 Å². The second kappa shape index (κ2) is 9.89. The molecule has 0 amide bonds. The summed E-state index contributed by atoms with van der Waals surface area (Å²) >= 11 is 0. The molecule has 2 heterocycles. The highest BCUT2D eigenvalue weighted by Gasteiger charge is 2.32. The van der Waals surface area contributed by atoms with Crippen LogP contribution in [-0.4, -0.2) is 49.5 Å². The maximum absolute atomic E-state index is 14.4. The van der Waals surface area contributed by atoms with Crippen molar-refractivity contribution in [2.45, 2.75) is 57.7 Å². The molecule has 6 nitrogen and oxygen atoms in total. The Morgan fingerprint density at radius 2 is 1.82 bits per heavy atom. The zero-order valence-corrected chi connectivity index (χ0v) is 19.5. The lowest BCUT2D eigenvalue weighted by Gasteiger charge is -2.39. The number of carboxylic acid groups (broad SMARTS) is 1. The van der Waals surface area contributed by atoms with Gasteiger partial charge in [-0.25, -0.2) is 4.39 Å². The molecular formula is C26H33FN2O4. The molecule has 2 aromatic rings. The Morgan fingerprint density at radius 3 is 2.48 bits per heavy atom. The summed E-state index contributed by atoms with van der Waals surface area (Å²) in [6, 6.07) is 13.0. The first-order valence-electron chi connectivity index (χ1n) is 11.7. The van der Waals surface area contributed by atoms with Gasteiger partial charge < -0.3 is 24.4 Å². The van der Waals surface area contributed by atoms with Gasteiger partial charge in [0.15, 0.2) is 0 Å². The van der Waals surface area contributed by atoms with Crippen molar-refractivity contribution in [1.29, 1.82) is 0 Å². The third kappa shape index (κ3) is 5.34. The smallest absolute Gasteiger partial charge is 0.305 e. The van der Waals surface area contributed by atoms with E-state index in [1.807, 2.05) is 24.3 Å². The Labute approximate surface area is 194 Å². The topological polar surface area (TPSA) is 62.2 Å². The molecule has 2 unspecified atom stereocenters. The van der Waals surface area contributed by atoms with Crippen LogP contribution in [0, 0.1) is 11.7 Å². The fraction of sp³-hybridized carbons (Fsp3) is 0.500.